The third-order valence-corrected chi connectivity index (χ3v) is 6.14. The summed E-state index contributed by atoms with van der Waals surface area (Å²) in [6.07, 6.45) is 10.8. The van der Waals surface area contributed by atoms with E-state index in [1.807, 2.05) is 0 Å². The minimum absolute atomic E-state index is 0.477. The Morgan fingerprint density at radius 2 is 2.05 bits per heavy atom. The van der Waals surface area contributed by atoms with Gasteiger partial charge in [0.25, 0.3) is 0 Å². The van der Waals surface area contributed by atoms with Crippen molar-refractivity contribution in [1.29, 1.82) is 0 Å². The molecule has 0 aromatic heterocycles. The van der Waals surface area contributed by atoms with Crippen molar-refractivity contribution in [2.24, 2.45) is 23.6 Å². The summed E-state index contributed by atoms with van der Waals surface area (Å²) in [6.45, 7) is 0. The molecule has 2 nitrogen and oxygen atoms in total. The van der Waals surface area contributed by atoms with Crippen LogP contribution < -0.4 is 11.3 Å². The third kappa shape index (κ3) is 2.19. The van der Waals surface area contributed by atoms with E-state index in [1.165, 1.54) is 50.5 Å². The van der Waals surface area contributed by atoms with Crippen molar-refractivity contribution in [1.82, 2.24) is 5.43 Å². The second-order valence-electron chi connectivity index (χ2n) is 7.27. The van der Waals surface area contributed by atoms with Crippen LogP contribution in [0.2, 0.25) is 0 Å². The highest BCUT2D eigenvalue weighted by Gasteiger charge is 2.42. The molecule has 4 atom stereocenters. The number of nitrogens with one attached hydrogen (secondary N) is 1. The fraction of sp³-hybridized carbons (Fsp3) is 0.667. The first kappa shape index (κ1) is 12.8. The van der Waals surface area contributed by atoms with Gasteiger partial charge in [0.15, 0.2) is 0 Å². The molecule has 4 rings (SSSR count). The van der Waals surface area contributed by atoms with Crippen molar-refractivity contribution in [2.75, 3.05) is 0 Å². The number of fused-ring (bicyclic) bond motifs is 3. The first-order valence-corrected chi connectivity index (χ1v) is 8.40. The minimum atomic E-state index is 0.477. The molecule has 0 saturated heterocycles. The van der Waals surface area contributed by atoms with Gasteiger partial charge in [-0.3, -0.25) is 11.3 Å². The molecule has 4 unspecified atom stereocenters. The predicted molar refractivity (Wildman–Crippen MR) is 82.2 cm³/mol. The largest absolute Gasteiger partial charge is 0.271 e. The van der Waals surface area contributed by atoms with E-state index in [2.05, 4.69) is 23.6 Å². The highest BCUT2D eigenvalue weighted by Crippen LogP contribution is 2.49. The van der Waals surface area contributed by atoms with Crippen molar-refractivity contribution < 1.29 is 0 Å². The zero-order valence-electron chi connectivity index (χ0n) is 12.3. The van der Waals surface area contributed by atoms with Gasteiger partial charge in [0.05, 0.1) is 0 Å². The van der Waals surface area contributed by atoms with Crippen LogP contribution in [0.1, 0.15) is 48.8 Å². The molecule has 2 bridgehead atoms. The molecule has 1 aromatic rings. The van der Waals surface area contributed by atoms with Crippen molar-refractivity contribution in [3.63, 3.8) is 0 Å². The monoisotopic (exact) mass is 270 g/mol. The second kappa shape index (κ2) is 5.16. The maximum atomic E-state index is 5.89. The summed E-state index contributed by atoms with van der Waals surface area (Å²) in [7, 11) is 0. The highest BCUT2D eigenvalue weighted by molar-refractivity contribution is 5.35. The lowest BCUT2D eigenvalue weighted by molar-refractivity contribution is 0.248. The molecule has 3 aliphatic carbocycles. The Kier molecular flexibility index (Phi) is 3.31. The first-order valence-electron chi connectivity index (χ1n) is 8.40. The average Bonchev–Trinajstić information content (AvgIpc) is 3.19. The number of aryl methyl sites for hydroxylation is 2. The van der Waals surface area contributed by atoms with Crippen LogP contribution in [0.25, 0.3) is 0 Å². The van der Waals surface area contributed by atoms with Gasteiger partial charge in [-0.05, 0) is 79.4 Å². The van der Waals surface area contributed by atoms with Crippen LogP contribution in [0, 0.1) is 17.8 Å². The maximum Gasteiger partial charge on any atom is 0.0281 e. The quantitative estimate of drug-likeness (QED) is 0.652. The number of nitrogens with two attached hydrogens (primary N) is 1. The molecule has 0 radical (unpaired) electrons. The molecule has 0 spiro atoms. The fourth-order valence-electron chi connectivity index (χ4n) is 5.13. The van der Waals surface area contributed by atoms with Gasteiger partial charge in [0.1, 0.15) is 0 Å². The average molecular weight is 270 g/mol. The normalized spacial score (nSPS) is 32.5. The Morgan fingerprint density at radius 3 is 2.80 bits per heavy atom. The minimum Gasteiger partial charge on any atom is -0.271 e. The molecule has 2 fully saturated rings. The molecule has 2 saturated carbocycles. The lowest BCUT2D eigenvalue weighted by Gasteiger charge is -2.30. The van der Waals surface area contributed by atoms with Crippen LogP contribution in [0.4, 0.5) is 0 Å². The topological polar surface area (TPSA) is 38.0 Å². The third-order valence-electron chi connectivity index (χ3n) is 6.14. The zero-order valence-corrected chi connectivity index (χ0v) is 12.3. The molecular weight excluding hydrogens is 244 g/mol. The molecular formula is C18H26N2. The van der Waals surface area contributed by atoms with Crippen LogP contribution in [0.3, 0.4) is 0 Å². The molecule has 3 N–H and O–H groups in total. The maximum absolute atomic E-state index is 5.89. The number of rotatable bonds is 4. The summed E-state index contributed by atoms with van der Waals surface area (Å²) >= 11 is 0. The lowest BCUT2D eigenvalue weighted by atomic mass is 9.81. The molecule has 2 heteroatoms. The summed E-state index contributed by atoms with van der Waals surface area (Å²) in [4.78, 5) is 0. The summed E-state index contributed by atoms with van der Waals surface area (Å²) < 4.78 is 0. The van der Waals surface area contributed by atoms with E-state index >= 15 is 0 Å². The van der Waals surface area contributed by atoms with E-state index in [-0.39, 0.29) is 0 Å². The lowest BCUT2D eigenvalue weighted by Crippen LogP contribution is -2.44. The Hall–Kier alpha value is -0.860. The molecule has 3 aliphatic rings. The van der Waals surface area contributed by atoms with E-state index in [0.717, 1.165) is 24.2 Å². The number of hydrogen-bond donors (Lipinski definition) is 2. The van der Waals surface area contributed by atoms with Crippen molar-refractivity contribution >= 4 is 0 Å². The van der Waals surface area contributed by atoms with Gasteiger partial charge in [-0.25, -0.2) is 0 Å². The van der Waals surface area contributed by atoms with Crippen LogP contribution in [-0.4, -0.2) is 6.04 Å². The zero-order chi connectivity index (χ0) is 13.5. The summed E-state index contributed by atoms with van der Waals surface area (Å²) in [5, 5.41) is 0. The van der Waals surface area contributed by atoms with Crippen LogP contribution in [0.5, 0.6) is 0 Å². The first-order chi connectivity index (χ1) is 9.83. The van der Waals surface area contributed by atoms with E-state index in [1.54, 1.807) is 11.1 Å². The Balaban J connectivity index is 1.49. The predicted octanol–water partition coefficient (Wildman–Crippen LogP) is 2.99. The standard InChI is InChI=1S/C18H26N2/c19-20-18(17-10-12-5-7-16(17)9-12)11-13-4-6-14-2-1-3-15(14)8-13/h4,6,8,12,16-18,20H,1-3,5,7,9-11,19H2. The molecule has 0 heterocycles. The smallest absolute Gasteiger partial charge is 0.0281 e. The van der Waals surface area contributed by atoms with E-state index < -0.39 is 0 Å². The number of hydrazine groups is 1. The van der Waals surface area contributed by atoms with Gasteiger partial charge >= 0.3 is 0 Å². The molecule has 0 amide bonds. The van der Waals surface area contributed by atoms with Crippen molar-refractivity contribution in [3.05, 3.63) is 34.9 Å². The van der Waals surface area contributed by atoms with Crippen molar-refractivity contribution in [2.45, 2.75) is 57.4 Å². The summed E-state index contributed by atoms with van der Waals surface area (Å²) in [5.74, 6) is 8.65. The van der Waals surface area contributed by atoms with Crippen molar-refractivity contribution in [3.8, 4) is 0 Å². The molecule has 20 heavy (non-hydrogen) atoms. The summed E-state index contributed by atoms with van der Waals surface area (Å²) in [5.41, 5.74) is 7.79. The molecule has 108 valence electrons. The van der Waals surface area contributed by atoms with E-state index in [0.29, 0.717) is 6.04 Å². The van der Waals surface area contributed by atoms with Crippen LogP contribution in [-0.2, 0) is 19.3 Å². The van der Waals surface area contributed by atoms with Gasteiger partial charge in [-0.1, -0.05) is 24.6 Å². The molecule has 0 aliphatic heterocycles. The van der Waals surface area contributed by atoms with Gasteiger partial charge in [-0.15, -0.1) is 0 Å². The second-order valence-corrected chi connectivity index (χ2v) is 7.27. The highest BCUT2D eigenvalue weighted by atomic mass is 15.2. The van der Waals surface area contributed by atoms with Gasteiger partial charge in [-0.2, -0.15) is 0 Å². The Bertz CT molecular complexity index is 496. The number of hydrogen-bond acceptors (Lipinski definition) is 2. The van der Waals surface area contributed by atoms with E-state index in [4.69, 9.17) is 5.84 Å². The fourth-order valence-corrected chi connectivity index (χ4v) is 5.13. The summed E-state index contributed by atoms with van der Waals surface area (Å²) in [6, 6.07) is 7.61. The van der Waals surface area contributed by atoms with Gasteiger partial charge in [0, 0.05) is 6.04 Å². The van der Waals surface area contributed by atoms with Crippen LogP contribution in [0.15, 0.2) is 18.2 Å². The SMILES string of the molecule is NNC(Cc1ccc2c(c1)CCC2)C1CC2CCC1C2. The molecule has 1 aromatic carbocycles. The van der Waals surface area contributed by atoms with E-state index in [9.17, 15) is 0 Å². The number of benzene rings is 1. The van der Waals surface area contributed by atoms with Gasteiger partial charge in [0.2, 0.25) is 0 Å². The van der Waals surface area contributed by atoms with Crippen LogP contribution >= 0.6 is 0 Å². The van der Waals surface area contributed by atoms with Gasteiger partial charge < -0.3 is 0 Å². The Labute approximate surface area is 122 Å². The Morgan fingerprint density at radius 1 is 1.15 bits per heavy atom.